The van der Waals surface area contributed by atoms with Crippen LogP contribution in [0.1, 0.15) is 97.3 Å². The third-order valence-electron chi connectivity index (χ3n) is 6.07. The Balaban J connectivity index is 2.16. The van der Waals surface area contributed by atoms with Gasteiger partial charge in [0.1, 0.15) is 0 Å². The average Bonchev–Trinajstić information content (AvgIpc) is 2.64. The third kappa shape index (κ3) is 5.66. The summed E-state index contributed by atoms with van der Waals surface area (Å²) >= 11 is 0. The van der Waals surface area contributed by atoms with Crippen molar-refractivity contribution < 1.29 is 0 Å². The van der Waals surface area contributed by atoms with Gasteiger partial charge in [0.15, 0.2) is 0 Å². The Morgan fingerprint density at radius 3 is 2.12 bits per heavy atom. The molecule has 25 heavy (non-hydrogen) atoms. The standard InChI is InChI=1S/C23H40N2/c1-3-5-7-11-17-23(18-12-8-6-4-2)19-13-14-20-25(23)22-16-10-9-15-21(22)24/h9-10,15-16H,3-8,11-14,17-20,24H2,1-2H3. The fraction of sp³-hybridized carbons (Fsp3) is 0.739. The van der Waals surface area contributed by atoms with Gasteiger partial charge in [0, 0.05) is 12.1 Å². The average molecular weight is 345 g/mol. The van der Waals surface area contributed by atoms with Crippen molar-refractivity contribution in [1.29, 1.82) is 0 Å². The second-order valence-electron chi connectivity index (χ2n) is 8.01. The zero-order valence-electron chi connectivity index (χ0n) is 16.7. The number of rotatable bonds is 11. The summed E-state index contributed by atoms with van der Waals surface area (Å²) in [7, 11) is 0. The molecule has 0 atom stereocenters. The largest absolute Gasteiger partial charge is 0.397 e. The number of nitrogen functional groups attached to an aromatic ring is 1. The molecule has 1 aromatic rings. The maximum atomic E-state index is 6.38. The van der Waals surface area contributed by atoms with E-state index in [0.717, 1.165) is 5.69 Å². The molecule has 0 aliphatic carbocycles. The van der Waals surface area contributed by atoms with Gasteiger partial charge in [0.2, 0.25) is 0 Å². The van der Waals surface area contributed by atoms with E-state index in [9.17, 15) is 0 Å². The quantitative estimate of drug-likeness (QED) is 0.348. The van der Waals surface area contributed by atoms with E-state index in [0.29, 0.717) is 5.54 Å². The third-order valence-corrected chi connectivity index (χ3v) is 6.07. The summed E-state index contributed by atoms with van der Waals surface area (Å²) in [5, 5.41) is 0. The lowest BCUT2D eigenvalue weighted by Crippen LogP contribution is -2.52. The first-order valence-corrected chi connectivity index (χ1v) is 10.9. The van der Waals surface area contributed by atoms with Crippen LogP contribution in [0.4, 0.5) is 11.4 Å². The van der Waals surface area contributed by atoms with E-state index in [4.69, 9.17) is 5.73 Å². The molecule has 0 saturated carbocycles. The number of para-hydroxylation sites is 2. The molecule has 0 aromatic heterocycles. The summed E-state index contributed by atoms with van der Waals surface area (Å²) in [4.78, 5) is 2.71. The van der Waals surface area contributed by atoms with Gasteiger partial charge < -0.3 is 10.6 Å². The van der Waals surface area contributed by atoms with E-state index in [-0.39, 0.29) is 0 Å². The first kappa shape index (κ1) is 20.1. The Hall–Kier alpha value is -1.18. The smallest absolute Gasteiger partial charge is 0.0604 e. The van der Waals surface area contributed by atoms with E-state index in [1.807, 2.05) is 0 Å². The molecule has 1 saturated heterocycles. The lowest BCUT2D eigenvalue weighted by molar-refractivity contribution is 0.254. The number of hydrogen-bond donors (Lipinski definition) is 1. The summed E-state index contributed by atoms with van der Waals surface area (Å²) in [6.45, 7) is 5.78. The van der Waals surface area contributed by atoms with Crippen molar-refractivity contribution in [1.82, 2.24) is 0 Å². The maximum absolute atomic E-state index is 6.38. The first-order chi connectivity index (χ1) is 12.2. The highest BCUT2D eigenvalue weighted by molar-refractivity contribution is 5.68. The normalized spacial score (nSPS) is 17.0. The van der Waals surface area contributed by atoms with Gasteiger partial charge in [0.25, 0.3) is 0 Å². The van der Waals surface area contributed by atoms with Crippen LogP contribution in [0, 0.1) is 0 Å². The Labute approximate surface area is 156 Å². The predicted molar refractivity (Wildman–Crippen MR) is 112 cm³/mol. The molecule has 2 nitrogen and oxygen atoms in total. The Morgan fingerprint density at radius 1 is 0.880 bits per heavy atom. The van der Waals surface area contributed by atoms with Crippen LogP contribution in [0.3, 0.4) is 0 Å². The molecule has 1 aromatic carbocycles. The molecule has 0 bridgehead atoms. The van der Waals surface area contributed by atoms with Crippen LogP contribution in [0.15, 0.2) is 24.3 Å². The van der Waals surface area contributed by atoms with Crippen molar-refractivity contribution in [2.24, 2.45) is 0 Å². The lowest BCUT2D eigenvalue weighted by Gasteiger charge is -2.50. The summed E-state index contributed by atoms with van der Waals surface area (Å²) in [5.41, 5.74) is 8.97. The molecule has 0 unspecified atom stereocenters. The van der Waals surface area contributed by atoms with Gasteiger partial charge in [-0.25, -0.2) is 0 Å². The summed E-state index contributed by atoms with van der Waals surface area (Å²) < 4.78 is 0. The molecular formula is C23H40N2. The van der Waals surface area contributed by atoms with Crippen LogP contribution in [0.25, 0.3) is 0 Å². The molecule has 2 heteroatoms. The molecular weight excluding hydrogens is 304 g/mol. The molecule has 2 N–H and O–H groups in total. The minimum atomic E-state index is 0.342. The van der Waals surface area contributed by atoms with E-state index >= 15 is 0 Å². The molecule has 0 radical (unpaired) electrons. The topological polar surface area (TPSA) is 29.3 Å². The van der Waals surface area contributed by atoms with Crippen LogP contribution >= 0.6 is 0 Å². The van der Waals surface area contributed by atoms with Crippen molar-refractivity contribution in [2.75, 3.05) is 17.2 Å². The number of piperidine rings is 1. The number of nitrogens with zero attached hydrogens (tertiary/aromatic N) is 1. The first-order valence-electron chi connectivity index (χ1n) is 10.9. The fourth-order valence-corrected chi connectivity index (χ4v) is 4.61. The SMILES string of the molecule is CCCCCCC1(CCCCCC)CCCCN1c1ccccc1N. The maximum Gasteiger partial charge on any atom is 0.0604 e. The number of benzene rings is 1. The Bertz CT molecular complexity index is 471. The highest BCUT2D eigenvalue weighted by Gasteiger charge is 2.38. The zero-order valence-corrected chi connectivity index (χ0v) is 16.7. The van der Waals surface area contributed by atoms with Gasteiger partial charge in [-0.2, -0.15) is 0 Å². The minimum absolute atomic E-state index is 0.342. The zero-order chi connectivity index (χ0) is 18.0. The van der Waals surface area contributed by atoms with Gasteiger partial charge in [-0.1, -0.05) is 77.3 Å². The van der Waals surface area contributed by atoms with Gasteiger partial charge in [-0.3, -0.25) is 0 Å². The fourth-order valence-electron chi connectivity index (χ4n) is 4.61. The highest BCUT2D eigenvalue weighted by atomic mass is 15.2. The molecule has 2 rings (SSSR count). The van der Waals surface area contributed by atoms with Crippen molar-refractivity contribution in [3.63, 3.8) is 0 Å². The Morgan fingerprint density at radius 2 is 1.52 bits per heavy atom. The van der Waals surface area contributed by atoms with Gasteiger partial charge >= 0.3 is 0 Å². The molecule has 0 spiro atoms. The second kappa shape index (κ2) is 10.7. The summed E-state index contributed by atoms with van der Waals surface area (Å²) in [6.07, 6.45) is 17.6. The van der Waals surface area contributed by atoms with E-state index < -0.39 is 0 Å². The summed E-state index contributed by atoms with van der Waals surface area (Å²) in [6, 6.07) is 8.53. The van der Waals surface area contributed by atoms with Gasteiger partial charge in [-0.15, -0.1) is 0 Å². The van der Waals surface area contributed by atoms with Gasteiger partial charge in [0.05, 0.1) is 11.4 Å². The summed E-state index contributed by atoms with van der Waals surface area (Å²) in [5.74, 6) is 0. The van der Waals surface area contributed by atoms with Crippen molar-refractivity contribution in [2.45, 2.75) is 103 Å². The highest BCUT2D eigenvalue weighted by Crippen LogP contribution is 2.42. The van der Waals surface area contributed by atoms with Crippen molar-refractivity contribution in [3.05, 3.63) is 24.3 Å². The van der Waals surface area contributed by atoms with E-state index in [1.54, 1.807) is 0 Å². The minimum Gasteiger partial charge on any atom is -0.397 e. The van der Waals surface area contributed by atoms with E-state index in [2.05, 4.69) is 43.0 Å². The molecule has 142 valence electrons. The van der Waals surface area contributed by atoms with Crippen LogP contribution in [-0.2, 0) is 0 Å². The van der Waals surface area contributed by atoms with Crippen molar-refractivity contribution >= 4 is 11.4 Å². The predicted octanol–water partition coefficient (Wildman–Crippen LogP) is 6.94. The van der Waals surface area contributed by atoms with Crippen LogP contribution in [0.2, 0.25) is 0 Å². The number of hydrogen-bond acceptors (Lipinski definition) is 2. The Kier molecular flexibility index (Phi) is 8.64. The van der Waals surface area contributed by atoms with Crippen LogP contribution in [0.5, 0.6) is 0 Å². The van der Waals surface area contributed by atoms with Crippen LogP contribution < -0.4 is 10.6 Å². The number of anilines is 2. The number of nitrogens with two attached hydrogens (primary N) is 1. The monoisotopic (exact) mass is 344 g/mol. The van der Waals surface area contributed by atoms with Crippen molar-refractivity contribution in [3.8, 4) is 0 Å². The molecule has 1 aliphatic rings. The molecule has 1 aliphatic heterocycles. The van der Waals surface area contributed by atoms with Crippen LogP contribution in [-0.4, -0.2) is 12.1 Å². The lowest BCUT2D eigenvalue weighted by atomic mass is 9.77. The number of unbranched alkanes of at least 4 members (excludes halogenated alkanes) is 6. The van der Waals surface area contributed by atoms with E-state index in [1.165, 1.54) is 95.7 Å². The molecule has 0 amide bonds. The van der Waals surface area contributed by atoms with Gasteiger partial charge in [-0.05, 0) is 44.2 Å². The molecule has 1 heterocycles. The second-order valence-corrected chi connectivity index (χ2v) is 8.01. The molecule has 1 fully saturated rings.